The second kappa shape index (κ2) is 9.56. The molecule has 156 valence electrons. The van der Waals surface area contributed by atoms with E-state index in [1.807, 2.05) is 17.0 Å². The SMILES string of the molecule is COc1ccnc(N2CCN(CC(=O)N3CCN(Cc4ccsc4)CC3)CC2)c1. The van der Waals surface area contributed by atoms with Crippen LogP contribution < -0.4 is 9.64 Å². The highest BCUT2D eigenvalue weighted by molar-refractivity contribution is 7.07. The summed E-state index contributed by atoms with van der Waals surface area (Å²) in [5.41, 5.74) is 1.37. The predicted octanol–water partition coefficient (Wildman–Crippen LogP) is 1.62. The lowest BCUT2D eigenvalue weighted by molar-refractivity contribution is -0.134. The summed E-state index contributed by atoms with van der Waals surface area (Å²) in [6.07, 6.45) is 1.78. The van der Waals surface area contributed by atoms with Gasteiger partial charge in [0.15, 0.2) is 0 Å². The van der Waals surface area contributed by atoms with E-state index in [2.05, 4.69) is 36.5 Å². The molecule has 0 atom stereocenters. The molecule has 0 unspecified atom stereocenters. The lowest BCUT2D eigenvalue weighted by Crippen LogP contribution is -2.53. The highest BCUT2D eigenvalue weighted by Crippen LogP contribution is 2.19. The number of rotatable bonds is 6. The molecule has 2 fully saturated rings. The molecule has 2 aliphatic heterocycles. The van der Waals surface area contributed by atoms with Crippen molar-refractivity contribution in [2.24, 2.45) is 0 Å². The molecule has 4 rings (SSSR count). The molecule has 0 N–H and O–H groups in total. The van der Waals surface area contributed by atoms with Crippen molar-refractivity contribution in [3.8, 4) is 5.75 Å². The molecule has 0 saturated carbocycles. The monoisotopic (exact) mass is 415 g/mol. The summed E-state index contributed by atoms with van der Waals surface area (Å²) >= 11 is 1.74. The van der Waals surface area contributed by atoms with Gasteiger partial charge in [0.05, 0.1) is 13.7 Å². The Kier molecular flexibility index (Phi) is 6.63. The molecule has 0 aromatic carbocycles. The Labute approximate surface area is 176 Å². The van der Waals surface area contributed by atoms with E-state index in [0.29, 0.717) is 6.54 Å². The van der Waals surface area contributed by atoms with E-state index in [9.17, 15) is 4.79 Å². The van der Waals surface area contributed by atoms with Crippen LogP contribution in [0.25, 0.3) is 0 Å². The number of ether oxygens (including phenoxy) is 1. The number of methoxy groups -OCH3 is 1. The van der Waals surface area contributed by atoms with Crippen LogP contribution in [0.4, 0.5) is 5.82 Å². The smallest absolute Gasteiger partial charge is 0.236 e. The first-order valence-electron chi connectivity index (χ1n) is 10.2. The summed E-state index contributed by atoms with van der Waals surface area (Å²) < 4.78 is 5.29. The van der Waals surface area contributed by atoms with Gasteiger partial charge in [-0.25, -0.2) is 4.98 Å². The highest BCUT2D eigenvalue weighted by Gasteiger charge is 2.25. The van der Waals surface area contributed by atoms with Crippen LogP contribution in [-0.4, -0.2) is 91.6 Å². The van der Waals surface area contributed by atoms with Gasteiger partial charge in [0, 0.05) is 71.2 Å². The van der Waals surface area contributed by atoms with Gasteiger partial charge in [0.1, 0.15) is 11.6 Å². The van der Waals surface area contributed by atoms with Crippen LogP contribution in [0.3, 0.4) is 0 Å². The van der Waals surface area contributed by atoms with Crippen LogP contribution in [0.5, 0.6) is 5.75 Å². The summed E-state index contributed by atoms with van der Waals surface area (Å²) in [7, 11) is 1.67. The van der Waals surface area contributed by atoms with Gasteiger partial charge < -0.3 is 14.5 Å². The molecule has 0 aliphatic carbocycles. The molecule has 4 heterocycles. The van der Waals surface area contributed by atoms with Crippen molar-refractivity contribution in [2.45, 2.75) is 6.54 Å². The molecule has 7 nitrogen and oxygen atoms in total. The molecule has 0 radical (unpaired) electrons. The van der Waals surface area contributed by atoms with E-state index in [-0.39, 0.29) is 5.91 Å². The normalized spacial score (nSPS) is 18.8. The summed E-state index contributed by atoms with van der Waals surface area (Å²) in [4.78, 5) is 26.2. The standard InChI is InChI=1S/C21H29N5O2S/c1-28-19-2-4-22-20(14-19)25-9-5-24(6-10-25)16-21(27)26-11-7-23(8-12-26)15-18-3-13-29-17-18/h2-4,13-14,17H,5-12,15-16H2,1H3. The Morgan fingerprint density at radius 1 is 1.07 bits per heavy atom. The predicted molar refractivity (Wildman–Crippen MR) is 116 cm³/mol. The second-order valence-corrected chi connectivity index (χ2v) is 8.39. The number of piperazine rings is 2. The fourth-order valence-corrected chi connectivity index (χ4v) is 4.58. The zero-order chi connectivity index (χ0) is 20.1. The van der Waals surface area contributed by atoms with Crippen LogP contribution >= 0.6 is 11.3 Å². The molecule has 29 heavy (non-hydrogen) atoms. The third-order valence-corrected chi connectivity index (χ3v) is 6.45. The fourth-order valence-electron chi connectivity index (χ4n) is 3.92. The van der Waals surface area contributed by atoms with Crippen molar-refractivity contribution in [2.75, 3.05) is 70.9 Å². The molecule has 0 spiro atoms. The summed E-state index contributed by atoms with van der Waals surface area (Å²) in [6.45, 7) is 8.59. The molecule has 2 aliphatic rings. The molecule has 2 saturated heterocycles. The number of anilines is 1. The van der Waals surface area contributed by atoms with Crippen molar-refractivity contribution >= 4 is 23.1 Å². The van der Waals surface area contributed by atoms with Crippen molar-refractivity contribution in [1.29, 1.82) is 0 Å². The number of hydrogen-bond donors (Lipinski definition) is 0. The van der Waals surface area contributed by atoms with Crippen LogP contribution in [0.2, 0.25) is 0 Å². The first-order valence-corrected chi connectivity index (χ1v) is 11.1. The minimum absolute atomic E-state index is 0.258. The summed E-state index contributed by atoms with van der Waals surface area (Å²) in [5, 5.41) is 4.33. The third kappa shape index (κ3) is 5.26. The fraction of sp³-hybridized carbons (Fsp3) is 0.524. The molecule has 8 heteroatoms. The number of hydrogen-bond acceptors (Lipinski definition) is 7. The Balaban J connectivity index is 1.20. The molecular weight excluding hydrogens is 386 g/mol. The Bertz CT molecular complexity index is 784. The zero-order valence-corrected chi connectivity index (χ0v) is 17.8. The third-order valence-electron chi connectivity index (χ3n) is 5.72. The van der Waals surface area contributed by atoms with Crippen LogP contribution in [0, 0.1) is 0 Å². The summed E-state index contributed by atoms with van der Waals surface area (Å²) in [5.74, 6) is 2.02. The number of nitrogens with zero attached hydrogens (tertiary/aromatic N) is 5. The molecular formula is C21H29N5O2S. The van der Waals surface area contributed by atoms with Crippen molar-refractivity contribution in [1.82, 2.24) is 19.7 Å². The molecule has 2 aromatic heterocycles. The number of carbonyl (C=O) groups is 1. The van der Waals surface area contributed by atoms with Crippen LogP contribution in [0.1, 0.15) is 5.56 Å². The van der Waals surface area contributed by atoms with Gasteiger partial charge >= 0.3 is 0 Å². The lowest BCUT2D eigenvalue weighted by Gasteiger charge is -2.38. The Morgan fingerprint density at radius 3 is 2.52 bits per heavy atom. The van der Waals surface area contributed by atoms with Crippen molar-refractivity contribution < 1.29 is 9.53 Å². The quantitative estimate of drug-likeness (QED) is 0.715. The largest absolute Gasteiger partial charge is 0.497 e. The lowest BCUT2D eigenvalue weighted by atomic mass is 10.2. The van der Waals surface area contributed by atoms with Gasteiger partial charge in [-0.1, -0.05) is 0 Å². The van der Waals surface area contributed by atoms with E-state index in [1.165, 1.54) is 5.56 Å². The maximum absolute atomic E-state index is 12.7. The van der Waals surface area contributed by atoms with Crippen LogP contribution in [-0.2, 0) is 11.3 Å². The van der Waals surface area contributed by atoms with E-state index in [4.69, 9.17) is 4.74 Å². The minimum atomic E-state index is 0.258. The molecule has 0 bridgehead atoms. The minimum Gasteiger partial charge on any atom is -0.497 e. The average Bonchev–Trinajstić information content (AvgIpc) is 3.28. The van der Waals surface area contributed by atoms with Gasteiger partial charge in [-0.2, -0.15) is 11.3 Å². The van der Waals surface area contributed by atoms with E-state index in [0.717, 1.165) is 70.5 Å². The number of aromatic nitrogens is 1. The maximum Gasteiger partial charge on any atom is 0.236 e. The van der Waals surface area contributed by atoms with E-state index >= 15 is 0 Å². The van der Waals surface area contributed by atoms with Gasteiger partial charge in [0.25, 0.3) is 0 Å². The second-order valence-electron chi connectivity index (χ2n) is 7.61. The number of thiophene rings is 1. The van der Waals surface area contributed by atoms with Crippen LogP contribution in [0.15, 0.2) is 35.2 Å². The van der Waals surface area contributed by atoms with Gasteiger partial charge in [-0.05, 0) is 28.5 Å². The number of pyridine rings is 1. The Hall–Kier alpha value is -2.16. The number of carbonyl (C=O) groups excluding carboxylic acids is 1. The van der Waals surface area contributed by atoms with Crippen molar-refractivity contribution in [3.05, 3.63) is 40.7 Å². The first kappa shape index (κ1) is 20.1. The van der Waals surface area contributed by atoms with Gasteiger partial charge in [-0.15, -0.1) is 0 Å². The van der Waals surface area contributed by atoms with Gasteiger partial charge in [-0.3, -0.25) is 14.6 Å². The van der Waals surface area contributed by atoms with E-state index < -0.39 is 0 Å². The van der Waals surface area contributed by atoms with E-state index in [1.54, 1.807) is 24.6 Å². The Morgan fingerprint density at radius 2 is 1.83 bits per heavy atom. The first-order chi connectivity index (χ1) is 14.2. The zero-order valence-electron chi connectivity index (χ0n) is 17.0. The van der Waals surface area contributed by atoms with Gasteiger partial charge in [0.2, 0.25) is 5.91 Å². The maximum atomic E-state index is 12.7. The average molecular weight is 416 g/mol. The molecule has 1 amide bonds. The highest BCUT2D eigenvalue weighted by atomic mass is 32.1. The van der Waals surface area contributed by atoms with Crippen molar-refractivity contribution in [3.63, 3.8) is 0 Å². The summed E-state index contributed by atoms with van der Waals surface area (Å²) in [6, 6.07) is 6.01. The number of amides is 1. The molecule has 2 aromatic rings. The topological polar surface area (TPSA) is 52.2 Å².